The third-order valence-electron chi connectivity index (χ3n) is 2.70. The highest BCUT2D eigenvalue weighted by atomic mass is 19.1. The summed E-state index contributed by atoms with van der Waals surface area (Å²) in [6.07, 6.45) is 0. The van der Waals surface area contributed by atoms with E-state index < -0.39 is 0 Å². The van der Waals surface area contributed by atoms with Gasteiger partial charge in [0, 0.05) is 12.2 Å². The second-order valence-electron chi connectivity index (χ2n) is 3.97. The van der Waals surface area contributed by atoms with E-state index in [2.05, 4.69) is 5.32 Å². The van der Waals surface area contributed by atoms with Crippen molar-refractivity contribution in [1.82, 2.24) is 5.32 Å². The predicted octanol–water partition coefficient (Wildman–Crippen LogP) is 0.777. The van der Waals surface area contributed by atoms with Gasteiger partial charge in [0.15, 0.2) is 0 Å². The van der Waals surface area contributed by atoms with Gasteiger partial charge in [-0.3, -0.25) is 4.79 Å². The summed E-state index contributed by atoms with van der Waals surface area (Å²) in [5, 5.41) is 3.00. The van der Waals surface area contributed by atoms with Crippen molar-refractivity contribution in [3.8, 4) is 0 Å². The first-order valence-electron chi connectivity index (χ1n) is 5.52. The van der Waals surface area contributed by atoms with E-state index >= 15 is 0 Å². The fraction of sp³-hybridized carbons (Fsp3) is 0.417. The van der Waals surface area contributed by atoms with Gasteiger partial charge >= 0.3 is 0 Å². The molecule has 0 radical (unpaired) electrons. The molecule has 1 aromatic rings. The first-order chi connectivity index (χ1) is 8.22. The van der Waals surface area contributed by atoms with Crippen LogP contribution < -0.4 is 10.2 Å². The lowest BCUT2D eigenvalue weighted by Gasteiger charge is -2.35. The number of nitrogens with zero attached hydrogens (tertiary/aromatic N) is 1. The average Bonchev–Trinajstić information content (AvgIpc) is 2.29. The molecule has 1 aromatic carbocycles. The van der Waals surface area contributed by atoms with E-state index in [1.807, 2.05) is 7.05 Å². The van der Waals surface area contributed by atoms with Crippen LogP contribution in [-0.2, 0) is 9.53 Å². The van der Waals surface area contributed by atoms with E-state index in [4.69, 9.17) is 4.74 Å². The molecule has 1 amide bonds. The van der Waals surface area contributed by atoms with Crippen LogP contribution in [0.5, 0.6) is 0 Å². The van der Waals surface area contributed by atoms with Crippen LogP contribution in [0.4, 0.5) is 10.1 Å². The van der Waals surface area contributed by atoms with Crippen molar-refractivity contribution in [3.63, 3.8) is 0 Å². The Morgan fingerprint density at radius 1 is 1.59 bits per heavy atom. The number of likely N-dealkylation sites (N-methyl/N-ethyl adjacent to an activating group) is 1. The lowest BCUT2D eigenvalue weighted by Crippen LogP contribution is -2.53. The molecule has 1 aliphatic rings. The number of rotatable bonds is 3. The molecular weight excluding hydrogens is 223 g/mol. The predicted molar refractivity (Wildman–Crippen MR) is 62.4 cm³/mol. The molecule has 5 heteroatoms. The summed E-state index contributed by atoms with van der Waals surface area (Å²) in [5.41, 5.74) is 0.582. The van der Waals surface area contributed by atoms with Crippen LogP contribution in [0.2, 0.25) is 0 Å². The Morgan fingerprint density at radius 2 is 2.41 bits per heavy atom. The number of carbonyl (C=O) groups excluding carboxylic acids is 1. The summed E-state index contributed by atoms with van der Waals surface area (Å²) < 4.78 is 18.4. The highest BCUT2D eigenvalue weighted by molar-refractivity contribution is 5.95. The molecule has 17 heavy (non-hydrogen) atoms. The number of halogens is 1. The van der Waals surface area contributed by atoms with Crippen molar-refractivity contribution in [2.75, 3.05) is 31.7 Å². The van der Waals surface area contributed by atoms with Gasteiger partial charge in [0.25, 0.3) is 5.91 Å². The standard InChI is InChI=1S/C12H15FN2O2/c1-14-6-11-7-17-8-12(16)15(11)10-4-2-3-9(13)5-10/h2-5,11,14H,6-8H2,1H3. The molecule has 1 saturated heterocycles. The van der Waals surface area contributed by atoms with E-state index in [9.17, 15) is 9.18 Å². The molecule has 1 heterocycles. The Kier molecular flexibility index (Phi) is 3.71. The average molecular weight is 238 g/mol. The van der Waals surface area contributed by atoms with Crippen LogP contribution >= 0.6 is 0 Å². The van der Waals surface area contributed by atoms with Crippen molar-refractivity contribution < 1.29 is 13.9 Å². The molecule has 1 N–H and O–H groups in total. The Hall–Kier alpha value is -1.46. The molecule has 0 spiro atoms. The van der Waals surface area contributed by atoms with Crippen LogP contribution in [0, 0.1) is 5.82 Å². The normalized spacial score (nSPS) is 20.7. The Labute approximate surface area is 99.4 Å². The third kappa shape index (κ3) is 2.62. The summed E-state index contributed by atoms with van der Waals surface area (Å²) in [7, 11) is 1.81. The van der Waals surface area contributed by atoms with E-state index in [0.717, 1.165) is 0 Å². The summed E-state index contributed by atoms with van der Waals surface area (Å²) in [4.78, 5) is 13.4. The number of benzene rings is 1. The van der Waals surface area contributed by atoms with Gasteiger partial charge in [-0.05, 0) is 25.2 Å². The van der Waals surface area contributed by atoms with Gasteiger partial charge in [0.05, 0.1) is 12.6 Å². The minimum atomic E-state index is -0.343. The molecule has 0 saturated carbocycles. The minimum Gasteiger partial charge on any atom is -0.369 e. The maximum absolute atomic E-state index is 13.2. The van der Waals surface area contributed by atoms with Crippen molar-refractivity contribution in [3.05, 3.63) is 30.1 Å². The number of morpholine rings is 1. The van der Waals surface area contributed by atoms with Crippen molar-refractivity contribution >= 4 is 11.6 Å². The van der Waals surface area contributed by atoms with Gasteiger partial charge in [-0.2, -0.15) is 0 Å². The lowest BCUT2D eigenvalue weighted by atomic mass is 10.1. The van der Waals surface area contributed by atoms with Gasteiger partial charge in [-0.1, -0.05) is 6.07 Å². The molecule has 1 atom stereocenters. The second kappa shape index (κ2) is 5.25. The van der Waals surface area contributed by atoms with E-state index in [-0.39, 0.29) is 24.4 Å². The summed E-state index contributed by atoms with van der Waals surface area (Å²) in [5.74, 6) is -0.480. The Bertz CT molecular complexity index is 409. The zero-order valence-electron chi connectivity index (χ0n) is 9.65. The quantitative estimate of drug-likeness (QED) is 0.846. The number of hydrogen-bond donors (Lipinski definition) is 1. The fourth-order valence-electron chi connectivity index (χ4n) is 2.00. The van der Waals surface area contributed by atoms with Gasteiger partial charge in [-0.15, -0.1) is 0 Å². The van der Waals surface area contributed by atoms with Crippen molar-refractivity contribution in [2.45, 2.75) is 6.04 Å². The zero-order chi connectivity index (χ0) is 12.3. The molecule has 0 aromatic heterocycles. The molecule has 1 aliphatic heterocycles. The second-order valence-corrected chi connectivity index (χ2v) is 3.97. The molecule has 92 valence electrons. The number of nitrogens with one attached hydrogen (secondary N) is 1. The van der Waals surface area contributed by atoms with Crippen LogP contribution in [0.1, 0.15) is 0 Å². The maximum atomic E-state index is 13.2. The lowest BCUT2D eigenvalue weighted by molar-refractivity contribution is -0.127. The molecule has 1 fully saturated rings. The molecule has 2 rings (SSSR count). The zero-order valence-corrected chi connectivity index (χ0v) is 9.65. The van der Waals surface area contributed by atoms with Crippen molar-refractivity contribution in [1.29, 1.82) is 0 Å². The Morgan fingerprint density at radius 3 is 3.12 bits per heavy atom. The highest BCUT2D eigenvalue weighted by Gasteiger charge is 2.29. The summed E-state index contributed by atoms with van der Waals surface area (Å²) in [6.45, 7) is 1.13. The monoisotopic (exact) mass is 238 g/mol. The van der Waals surface area contributed by atoms with Crippen molar-refractivity contribution in [2.24, 2.45) is 0 Å². The third-order valence-corrected chi connectivity index (χ3v) is 2.70. The SMILES string of the molecule is CNCC1COCC(=O)N1c1cccc(F)c1. The fourth-order valence-corrected chi connectivity index (χ4v) is 2.00. The Balaban J connectivity index is 2.27. The largest absolute Gasteiger partial charge is 0.369 e. The van der Waals surface area contributed by atoms with E-state index in [0.29, 0.717) is 18.8 Å². The highest BCUT2D eigenvalue weighted by Crippen LogP contribution is 2.21. The smallest absolute Gasteiger partial charge is 0.253 e. The first-order valence-corrected chi connectivity index (χ1v) is 5.52. The number of ether oxygens (including phenoxy) is 1. The number of anilines is 1. The maximum Gasteiger partial charge on any atom is 0.253 e. The van der Waals surface area contributed by atoms with Crippen LogP contribution in [-0.4, -0.2) is 38.8 Å². The number of carbonyl (C=O) groups is 1. The molecule has 4 nitrogen and oxygen atoms in total. The minimum absolute atomic E-state index is 0.0523. The number of hydrogen-bond acceptors (Lipinski definition) is 3. The van der Waals surface area contributed by atoms with Gasteiger partial charge < -0.3 is 15.0 Å². The topological polar surface area (TPSA) is 41.6 Å². The van der Waals surface area contributed by atoms with Crippen LogP contribution in [0.15, 0.2) is 24.3 Å². The molecule has 0 bridgehead atoms. The van der Waals surface area contributed by atoms with Crippen LogP contribution in [0.25, 0.3) is 0 Å². The number of amides is 1. The molecule has 1 unspecified atom stereocenters. The summed E-state index contributed by atoms with van der Waals surface area (Å²) >= 11 is 0. The van der Waals surface area contributed by atoms with Gasteiger partial charge in [0.2, 0.25) is 0 Å². The first kappa shape index (κ1) is 12.0. The summed E-state index contributed by atoms with van der Waals surface area (Å²) in [6, 6.07) is 5.97. The van der Waals surface area contributed by atoms with E-state index in [1.54, 1.807) is 17.0 Å². The van der Waals surface area contributed by atoms with Gasteiger partial charge in [0.1, 0.15) is 12.4 Å². The molecular formula is C12H15FN2O2. The van der Waals surface area contributed by atoms with Crippen LogP contribution in [0.3, 0.4) is 0 Å². The molecule has 0 aliphatic carbocycles. The van der Waals surface area contributed by atoms with Gasteiger partial charge in [-0.25, -0.2) is 4.39 Å². The van der Waals surface area contributed by atoms with E-state index in [1.165, 1.54) is 12.1 Å².